The van der Waals surface area contributed by atoms with Gasteiger partial charge in [-0.25, -0.2) is 4.79 Å². The fraction of sp³-hybridized carbons (Fsp3) is 0.676. The average molecular weight is 599 g/mol. The standard InChI is InChI=1S/C34H46O9/c1-18-22(36)17-34(40)28(41-29(39)20-12-10-9-11-13-20)26-32(8,27(38)25(37)24(18)31(34,6)7)23(43-30(3,4)5)16-21-14-15-33(21,26)42-19(2)35/h9-13,21-23,25-26,28,36-37,40H,14-17H2,1-8H3/t21-,22-,23+,25-,26+,28+,32-,33+,34-/m1/s1. The number of hydrogen-bond donors (Lipinski definition) is 3. The van der Waals surface area contributed by atoms with Crippen LogP contribution in [0.1, 0.15) is 91.4 Å². The first-order chi connectivity index (χ1) is 19.8. The van der Waals surface area contributed by atoms with Gasteiger partial charge in [-0.3, -0.25) is 9.59 Å². The van der Waals surface area contributed by atoms with Gasteiger partial charge in [0, 0.05) is 24.7 Å². The van der Waals surface area contributed by atoms with Crippen LogP contribution in [0.25, 0.3) is 0 Å². The third kappa shape index (κ3) is 4.61. The first-order valence-electron chi connectivity index (χ1n) is 15.3. The monoisotopic (exact) mass is 598 g/mol. The van der Waals surface area contributed by atoms with Gasteiger partial charge in [0.05, 0.1) is 34.7 Å². The Morgan fingerprint density at radius 2 is 1.67 bits per heavy atom. The number of aliphatic hydroxyl groups excluding tert-OH is 2. The number of Topliss-reactive ketones (excluding diaryl/α,β-unsaturated/α-hetero) is 1. The fourth-order valence-corrected chi connectivity index (χ4v) is 8.78. The summed E-state index contributed by atoms with van der Waals surface area (Å²) in [4.78, 5) is 41.5. The van der Waals surface area contributed by atoms with Crippen molar-refractivity contribution in [3.05, 3.63) is 47.0 Å². The highest BCUT2D eigenvalue weighted by molar-refractivity contribution is 5.94. The molecule has 1 aromatic carbocycles. The molecule has 0 aliphatic heterocycles. The lowest BCUT2D eigenvalue weighted by molar-refractivity contribution is -0.306. The summed E-state index contributed by atoms with van der Waals surface area (Å²) >= 11 is 0. The van der Waals surface area contributed by atoms with Crippen molar-refractivity contribution >= 4 is 17.7 Å². The lowest BCUT2D eigenvalue weighted by atomic mass is 9.41. The van der Waals surface area contributed by atoms with Gasteiger partial charge < -0.3 is 29.5 Å². The minimum Gasteiger partial charge on any atom is -0.458 e. The molecule has 1 aromatic rings. The summed E-state index contributed by atoms with van der Waals surface area (Å²) in [6.07, 6.45) is -3.89. The molecule has 9 nitrogen and oxygen atoms in total. The molecule has 236 valence electrons. The van der Waals surface area contributed by atoms with Gasteiger partial charge in [0.2, 0.25) is 0 Å². The molecule has 0 saturated heterocycles. The topological polar surface area (TPSA) is 140 Å². The summed E-state index contributed by atoms with van der Waals surface area (Å²) in [7, 11) is 0. The predicted octanol–water partition coefficient (Wildman–Crippen LogP) is 3.92. The maximum atomic E-state index is 14.9. The molecule has 5 rings (SSSR count). The Bertz CT molecular complexity index is 1340. The number of rotatable bonds is 4. The Labute approximate surface area is 253 Å². The molecule has 0 unspecified atom stereocenters. The normalized spacial score (nSPS) is 40.3. The van der Waals surface area contributed by atoms with Crippen molar-refractivity contribution in [1.82, 2.24) is 0 Å². The van der Waals surface area contributed by atoms with E-state index < -0.39 is 75.7 Å². The van der Waals surface area contributed by atoms with E-state index in [4.69, 9.17) is 14.2 Å². The molecule has 0 spiro atoms. The Morgan fingerprint density at radius 3 is 2.21 bits per heavy atom. The number of carbonyl (C=O) groups is 3. The molecular formula is C34H46O9. The van der Waals surface area contributed by atoms with Crippen molar-refractivity contribution in [3.63, 3.8) is 0 Å². The van der Waals surface area contributed by atoms with Crippen LogP contribution in [0.3, 0.4) is 0 Å². The number of carbonyl (C=O) groups excluding carboxylic acids is 3. The third-order valence-corrected chi connectivity index (χ3v) is 11.0. The van der Waals surface area contributed by atoms with Crippen molar-refractivity contribution in [3.8, 4) is 0 Å². The van der Waals surface area contributed by atoms with Crippen LogP contribution >= 0.6 is 0 Å². The molecular weight excluding hydrogens is 552 g/mol. The number of fused-ring (bicyclic) bond motifs is 5. The van der Waals surface area contributed by atoms with Crippen LogP contribution in [0.4, 0.5) is 0 Å². The zero-order valence-corrected chi connectivity index (χ0v) is 26.5. The molecule has 0 aromatic heterocycles. The van der Waals surface area contributed by atoms with Crippen LogP contribution < -0.4 is 0 Å². The van der Waals surface area contributed by atoms with Crippen molar-refractivity contribution in [2.75, 3.05) is 0 Å². The number of aliphatic hydroxyl groups is 3. The summed E-state index contributed by atoms with van der Waals surface area (Å²) in [6, 6.07) is 8.35. The van der Waals surface area contributed by atoms with Gasteiger partial charge in [-0.05, 0) is 77.2 Å². The van der Waals surface area contributed by atoms with E-state index in [0.717, 1.165) is 0 Å². The molecule has 0 heterocycles. The summed E-state index contributed by atoms with van der Waals surface area (Å²) < 4.78 is 19.2. The van der Waals surface area contributed by atoms with Gasteiger partial charge >= 0.3 is 11.9 Å². The molecule has 3 saturated carbocycles. The lowest BCUT2D eigenvalue weighted by Crippen LogP contribution is -2.79. The van der Waals surface area contributed by atoms with Gasteiger partial charge in [-0.15, -0.1) is 0 Å². The van der Waals surface area contributed by atoms with E-state index in [1.165, 1.54) is 6.92 Å². The second-order valence-corrected chi connectivity index (χ2v) is 14.8. The zero-order chi connectivity index (χ0) is 31.9. The van der Waals surface area contributed by atoms with E-state index in [-0.39, 0.29) is 23.5 Å². The second-order valence-electron chi connectivity index (χ2n) is 14.8. The lowest BCUT2D eigenvalue weighted by Gasteiger charge is -2.68. The summed E-state index contributed by atoms with van der Waals surface area (Å²) in [5.74, 6) is -3.21. The van der Waals surface area contributed by atoms with Crippen molar-refractivity contribution in [1.29, 1.82) is 0 Å². The SMILES string of the molecule is CC(=O)O[C@@]12CC[C@@H]1C[C@H](OC(C)(C)C)[C@@]1(C)C(=O)[C@H](O)C3=C(C)[C@H](O)C[C@@](O)([C@@H](OC(=O)c4ccccc4)[C@H]21)C3(C)C. The first kappa shape index (κ1) is 31.8. The second kappa shape index (κ2) is 10.2. The van der Waals surface area contributed by atoms with Crippen LogP contribution in [0.2, 0.25) is 0 Å². The highest BCUT2D eigenvalue weighted by Crippen LogP contribution is 2.67. The Balaban J connectivity index is 1.84. The molecule has 43 heavy (non-hydrogen) atoms. The number of hydrogen-bond acceptors (Lipinski definition) is 9. The van der Waals surface area contributed by atoms with Crippen molar-refractivity contribution < 1.29 is 43.9 Å². The Kier molecular flexibility index (Phi) is 7.57. The van der Waals surface area contributed by atoms with E-state index in [9.17, 15) is 29.7 Å². The molecule has 9 heteroatoms. The fourth-order valence-electron chi connectivity index (χ4n) is 8.78. The number of esters is 2. The van der Waals surface area contributed by atoms with Gasteiger partial charge in [0.25, 0.3) is 0 Å². The molecule has 4 aliphatic carbocycles. The minimum absolute atomic E-state index is 0.200. The summed E-state index contributed by atoms with van der Waals surface area (Å²) in [6.45, 7) is 13.7. The minimum atomic E-state index is -1.98. The molecule has 4 aliphatic rings. The molecule has 2 bridgehead atoms. The summed E-state index contributed by atoms with van der Waals surface area (Å²) in [5, 5.41) is 36.2. The quantitative estimate of drug-likeness (QED) is 0.348. The van der Waals surface area contributed by atoms with Gasteiger partial charge in [0.15, 0.2) is 5.78 Å². The van der Waals surface area contributed by atoms with Crippen LogP contribution in [0.5, 0.6) is 0 Å². The Morgan fingerprint density at radius 1 is 1.05 bits per heavy atom. The predicted molar refractivity (Wildman–Crippen MR) is 157 cm³/mol. The summed E-state index contributed by atoms with van der Waals surface area (Å²) in [5.41, 5.74) is -6.01. The highest BCUT2D eigenvalue weighted by atomic mass is 16.6. The average Bonchev–Trinajstić information content (AvgIpc) is 2.90. The maximum absolute atomic E-state index is 14.9. The van der Waals surface area contributed by atoms with E-state index in [1.54, 1.807) is 58.0 Å². The van der Waals surface area contributed by atoms with Crippen LogP contribution in [-0.2, 0) is 23.8 Å². The number of ether oxygens (including phenoxy) is 3. The Hall–Kier alpha value is -2.59. The zero-order valence-electron chi connectivity index (χ0n) is 26.5. The number of benzene rings is 1. The highest BCUT2D eigenvalue weighted by Gasteiger charge is 2.77. The van der Waals surface area contributed by atoms with Crippen LogP contribution in [-0.4, -0.2) is 74.3 Å². The van der Waals surface area contributed by atoms with Crippen LogP contribution in [0, 0.1) is 22.7 Å². The van der Waals surface area contributed by atoms with Gasteiger partial charge in [-0.1, -0.05) is 32.0 Å². The first-order valence-corrected chi connectivity index (χ1v) is 15.3. The van der Waals surface area contributed by atoms with E-state index in [1.807, 2.05) is 20.8 Å². The number of ketones is 1. The largest absolute Gasteiger partial charge is 0.458 e. The van der Waals surface area contributed by atoms with Crippen molar-refractivity contribution in [2.24, 2.45) is 22.7 Å². The van der Waals surface area contributed by atoms with Gasteiger partial charge in [-0.2, -0.15) is 0 Å². The smallest absolute Gasteiger partial charge is 0.338 e. The molecule has 0 radical (unpaired) electrons. The molecule has 3 N–H and O–H groups in total. The molecule has 3 fully saturated rings. The maximum Gasteiger partial charge on any atom is 0.338 e. The molecule has 9 atom stereocenters. The van der Waals surface area contributed by atoms with E-state index in [2.05, 4.69) is 0 Å². The van der Waals surface area contributed by atoms with Gasteiger partial charge in [0.1, 0.15) is 23.4 Å². The third-order valence-electron chi connectivity index (χ3n) is 11.0. The molecule has 0 amide bonds. The van der Waals surface area contributed by atoms with Crippen molar-refractivity contribution in [2.45, 2.75) is 122 Å². The van der Waals surface area contributed by atoms with E-state index >= 15 is 0 Å². The van der Waals surface area contributed by atoms with Crippen LogP contribution in [0.15, 0.2) is 41.5 Å². The van der Waals surface area contributed by atoms with E-state index in [0.29, 0.717) is 24.8 Å².